The van der Waals surface area contributed by atoms with Gasteiger partial charge in [0.15, 0.2) is 29.1 Å². The molecule has 0 amide bonds. The molecule has 2 rings (SSSR count). The van der Waals surface area contributed by atoms with E-state index >= 15 is 0 Å². The van der Waals surface area contributed by atoms with Crippen LogP contribution in [0.3, 0.4) is 0 Å². The number of aliphatic hydroxyl groups excluding tert-OH is 1. The highest BCUT2D eigenvalue weighted by Crippen LogP contribution is 2.60. The van der Waals surface area contributed by atoms with Crippen LogP contribution in [0.2, 0.25) is 0 Å². The molecule has 0 heterocycles. The van der Waals surface area contributed by atoms with E-state index in [0.29, 0.717) is 0 Å². The number of allylic oxidation sites excluding steroid dienone is 2. The maximum atomic E-state index is 13.8. The predicted molar refractivity (Wildman–Crippen MR) is 78.0 cm³/mol. The second-order valence-electron chi connectivity index (χ2n) is 6.82. The molecule has 0 radical (unpaired) electrons. The lowest BCUT2D eigenvalue weighted by atomic mass is 10.1. The molecule has 1 saturated carbocycles. The van der Waals surface area contributed by atoms with Crippen LogP contribution in [0.5, 0.6) is 0 Å². The van der Waals surface area contributed by atoms with Crippen molar-refractivity contribution < 1.29 is 49.8 Å². The van der Waals surface area contributed by atoms with E-state index in [1.165, 1.54) is 13.8 Å². The fraction of sp³-hybridized carbons (Fsp3) is 0.471. The Bertz CT molecular complexity index is 800. The van der Waals surface area contributed by atoms with Crippen molar-refractivity contribution >= 4 is 5.97 Å². The van der Waals surface area contributed by atoms with E-state index in [-0.39, 0.29) is 6.08 Å². The molecule has 2 atom stereocenters. The summed E-state index contributed by atoms with van der Waals surface area (Å²) >= 11 is 0. The number of hydrogen-bond acceptors (Lipinski definition) is 3. The number of rotatable bonds is 5. The summed E-state index contributed by atoms with van der Waals surface area (Å²) < 4.78 is 109. The molecule has 0 unspecified atom stereocenters. The van der Waals surface area contributed by atoms with Gasteiger partial charge in [0.2, 0.25) is 0 Å². The average Bonchev–Trinajstić information content (AvgIpc) is 3.13. The van der Waals surface area contributed by atoms with E-state index in [0.717, 1.165) is 0 Å². The summed E-state index contributed by atoms with van der Waals surface area (Å²) in [7, 11) is 0. The van der Waals surface area contributed by atoms with Crippen LogP contribution in [0.1, 0.15) is 25.0 Å². The number of hydrogen-bond donors (Lipinski definition) is 1. The lowest BCUT2D eigenvalue weighted by Gasteiger charge is -2.11. The van der Waals surface area contributed by atoms with Crippen molar-refractivity contribution in [2.45, 2.75) is 33.2 Å². The fourth-order valence-electron chi connectivity index (χ4n) is 2.91. The van der Waals surface area contributed by atoms with Gasteiger partial charge in [-0.25, -0.2) is 22.0 Å². The molecule has 0 aromatic heterocycles. The summed E-state index contributed by atoms with van der Waals surface area (Å²) in [5, 5.41) is 8.74. The van der Waals surface area contributed by atoms with Gasteiger partial charge in [-0.05, 0) is 17.4 Å². The molecule has 1 aromatic rings. The normalized spacial score (nSPS) is 21.6. The van der Waals surface area contributed by atoms with Crippen LogP contribution in [-0.4, -0.2) is 17.3 Å². The van der Waals surface area contributed by atoms with Gasteiger partial charge in [0.1, 0.15) is 6.61 Å². The Balaban J connectivity index is 2.18. The number of alkyl halides is 3. The van der Waals surface area contributed by atoms with Crippen LogP contribution in [0, 0.1) is 40.5 Å². The zero-order valence-electron chi connectivity index (χ0n) is 14.4. The zero-order chi connectivity index (χ0) is 21.6. The lowest BCUT2D eigenvalue weighted by molar-refractivity contribution is -0.147. The molecular formula is C17H14F8O3. The molecule has 11 heteroatoms. The van der Waals surface area contributed by atoms with Crippen molar-refractivity contribution in [3.05, 3.63) is 46.3 Å². The predicted octanol–water partition coefficient (Wildman–Crippen LogP) is 4.47. The monoisotopic (exact) mass is 418 g/mol. The summed E-state index contributed by atoms with van der Waals surface area (Å²) in [5.74, 6) is -13.6. The maximum Gasteiger partial charge on any atom is 0.442 e. The molecule has 1 aromatic carbocycles. The molecule has 1 aliphatic carbocycles. The molecule has 0 spiro atoms. The third-order valence-electron chi connectivity index (χ3n) is 4.72. The van der Waals surface area contributed by atoms with E-state index in [2.05, 4.69) is 4.74 Å². The number of halogens is 8. The minimum Gasteiger partial charge on any atom is -0.460 e. The van der Waals surface area contributed by atoms with Crippen LogP contribution in [0.4, 0.5) is 35.1 Å². The second kappa shape index (κ2) is 7.34. The van der Waals surface area contributed by atoms with Crippen molar-refractivity contribution in [1.82, 2.24) is 0 Å². The first kappa shape index (κ1) is 22.1. The Kier molecular flexibility index (Phi) is 5.80. The summed E-state index contributed by atoms with van der Waals surface area (Å²) in [6.45, 7) is 0.127. The van der Waals surface area contributed by atoms with Gasteiger partial charge >= 0.3 is 12.1 Å². The highest BCUT2D eigenvalue weighted by Gasteiger charge is 2.62. The quantitative estimate of drug-likeness (QED) is 0.436. The molecule has 3 nitrogen and oxygen atoms in total. The largest absolute Gasteiger partial charge is 0.460 e. The zero-order valence-corrected chi connectivity index (χ0v) is 14.4. The molecule has 156 valence electrons. The molecule has 1 fully saturated rings. The van der Waals surface area contributed by atoms with Crippen molar-refractivity contribution in [1.29, 1.82) is 0 Å². The van der Waals surface area contributed by atoms with Crippen LogP contribution in [0.15, 0.2) is 11.9 Å². The fourth-order valence-corrected chi connectivity index (χ4v) is 2.91. The number of benzene rings is 1. The first-order valence-electron chi connectivity index (χ1n) is 7.80. The maximum absolute atomic E-state index is 13.8. The number of esters is 1. The standard InChI is InChI=1S/C17H14F8O3/c1-16(2)8(3-9(18)17(23,24)25)10(16)15(27)28-5-7-13(21)11(19)6(4-26)12(20)14(7)22/h3,8,10,26H,4-5H2,1-2H3/t8-,10+/m1/s1. The van der Waals surface area contributed by atoms with E-state index in [1.807, 2.05) is 0 Å². The number of carbonyl (C=O) groups is 1. The summed E-state index contributed by atoms with van der Waals surface area (Å²) in [4.78, 5) is 12.0. The van der Waals surface area contributed by atoms with Gasteiger partial charge in [-0.2, -0.15) is 13.2 Å². The third-order valence-corrected chi connectivity index (χ3v) is 4.72. The van der Waals surface area contributed by atoms with E-state index < -0.39 is 82.8 Å². The van der Waals surface area contributed by atoms with Crippen molar-refractivity contribution in [3.8, 4) is 0 Å². The number of ether oxygens (including phenoxy) is 1. The van der Waals surface area contributed by atoms with Crippen molar-refractivity contribution in [3.63, 3.8) is 0 Å². The van der Waals surface area contributed by atoms with E-state index in [1.54, 1.807) is 0 Å². The lowest BCUT2D eigenvalue weighted by Crippen LogP contribution is -2.15. The molecule has 1 N–H and O–H groups in total. The van der Waals surface area contributed by atoms with E-state index in [4.69, 9.17) is 5.11 Å². The highest BCUT2D eigenvalue weighted by atomic mass is 19.4. The molecule has 0 saturated heterocycles. The molecule has 0 aliphatic heterocycles. The Morgan fingerprint density at radius 3 is 1.96 bits per heavy atom. The first-order valence-corrected chi connectivity index (χ1v) is 7.80. The Hall–Kier alpha value is -2.17. The Labute approximate surface area is 153 Å². The topological polar surface area (TPSA) is 46.5 Å². The highest BCUT2D eigenvalue weighted by molar-refractivity contribution is 5.78. The first-order chi connectivity index (χ1) is 12.7. The number of carbonyl (C=O) groups excluding carboxylic acids is 1. The summed E-state index contributed by atoms with van der Waals surface area (Å²) in [5.41, 5.74) is -3.65. The minimum absolute atomic E-state index is 0.211. The number of aliphatic hydroxyl groups is 1. The van der Waals surface area contributed by atoms with Crippen LogP contribution < -0.4 is 0 Å². The van der Waals surface area contributed by atoms with Gasteiger partial charge < -0.3 is 9.84 Å². The van der Waals surface area contributed by atoms with Gasteiger partial charge in [-0.3, -0.25) is 4.79 Å². The Morgan fingerprint density at radius 1 is 1.07 bits per heavy atom. The Morgan fingerprint density at radius 2 is 1.54 bits per heavy atom. The van der Waals surface area contributed by atoms with Gasteiger partial charge in [-0.1, -0.05) is 13.8 Å². The smallest absolute Gasteiger partial charge is 0.442 e. The molecule has 0 bridgehead atoms. The van der Waals surface area contributed by atoms with Gasteiger partial charge in [0.05, 0.1) is 23.7 Å². The van der Waals surface area contributed by atoms with E-state index in [9.17, 15) is 39.9 Å². The second-order valence-corrected chi connectivity index (χ2v) is 6.82. The molecular weight excluding hydrogens is 404 g/mol. The summed E-state index contributed by atoms with van der Waals surface area (Å²) in [6, 6.07) is 0. The van der Waals surface area contributed by atoms with Gasteiger partial charge in [0.25, 0.3) is 0 Å². The molecule has 28 heavy (non-hydrogen) atoms. The van der Waals surface area contributed by atoms with Crippen LogP contribution >= 0.6 is 0 Å². The summed E-state index contributed by atoms with van der Waals surface area (Å²) in [6.07, 6.45) is -5.02. The van der Waals surface area contributed by atoms with Crippen molar-refractivity contribution in [2.75, 3.05) is 0 Å². The molecule has 1 aliphatic rings. The third kappa shape index (κ3) is 3.85. The van der Waals surface area contributed by atoms with Crippen LogP contribution in [0.25, 0.3) is 0 Å². The van der Waals surface area contributed by atoms with Gasteiger partial charge in [0, 0.05) is 0 Å². The van der Waals surface area contributed by atoms with Crippen molar-refractivity contribution in [2.24, 2.45) is 17.3 Å². The average molecular weight is 418 g/mol. The SMILES string of the molecule is CC1(C)[C@H](C=C(F)C(F)(F)F)[C@H]1C(=O)OCc1c(F)c(F)c(CO)c(F)c1F. The van der Waals surface area contributed by atoms with Gasteiger partial charge in [-0.15, -0.1) is 0 Å². The minimum atomic E-state index is -5.23. The van der Waals surface area contributed by atoms with Crippen LogP contribution in [-0.2, 0) is 22.7 Å².